The van der Waals surface area contributed by atoms with Gasteiger partial charge in [-0.1, -0.05) is 23.7 Å². The fraction of sp³-hybridized carbons (Fsp3) is 0.611. The average molecular weight is 353 g/mol. The Morgan fingerprint density at radius 3 is 2.79 bits per heavy atom. The zero-order valence-corrected chi connectivity index (χ0v) is 14.6. The van der Waals surface area contributed by atoms with Crippen molar-refractivity contribution in [2.24, 2.45) is 0 Å². The standard InChI is InChI=1S/C18H25ClN2O3/c19-15-4-1-2-5-16(15)24-13-9-20-14-7-10-21(11-8-14)18(22)17-6-3-12-23-17/h1-2,4-5,14,17,20H,3,6-13H2/t17-/m1/s1. The minimum absolute atomic E-state index is 0.174. The Morgan fingerprint density at radius 2 is 2.08 bits per heavy atom. The van der Waals surface area contributed by atoms with Crippen LogP contribution in [0.3, 0.4) is 0 Å². The van der Waals surface area contributed by atoms with Crippen LogP contribution >= 0.6 is 11.6 Å². The zero-order valence-electron chi connectivity index (χ0n) is 13.9. The zero-order chi connectivity index (χ0) is 16.8. The maximum absolute atomic E-state index is 12.3. The number of rotatable bonds is 6. The van der Waals surface area contributed by atoms with Gasteiger partial charge in [0.15, 0.2) is 0 Å². The molecule has 132 valence electrons. The van der Waals surface area contributed by atoms with E-state index in [0.29, 0.717) is 17.7 Å². The molecule has 0 radical (unpaired) electrons. The van der Waals surface area contributed by atoms with Crippen LogP contribution < -0.4 is 10.1 Å². The van der Waals surface area contributed by atoms with Gasteiger partial charge in [0.25, 0.3) is 5.91 Å². The molecule has 0 bridgehead atoms. The van der Waals surface area contributed by atoms with E-state index in [1.807, 2.05) is 29.2 Å². The van der Waals surface area contributed by atoms with Crippen LogP contribution in [-0.2, 0) is 9.53 Å². The summed E-state index contributed by atoms with van der Waals surface area (Å²) >= 11 is 6.06. The van der Waals surface area contributed by atoms with E-state index in [2.05, 4.69) is 5.32 Å². The first-order valence-electron chi connectivity index (χ1n) is 8.75. The van der Waals surface area contributed by atoms with Crippen molar-refractivity contribution in [2.75, 3.05) is 32.8 Å². The molecule has 2 saturated heterocycles. The van der Waals surface area contributed by atoms with Gasteiger partial charge < -0.3 is 19.7 Å². The van der Waals surface area contributed by atoms with E-state index in [-0.39, 0.29) is 12.0 Å². The third-order valence-electron chi connectivity index (χ3n) is 4.64. The highest BCUT2D eigenvalue weighted by molar-refractivity contribution is 6.32. The van der Waals surface area contributed by atoms with Crippen LogP contribution in [-0.4, -0.2) is 55.8 Å². The number of nitrogens with one attached hydrogen (secondary N) is 1. The molecule has 2 fully saturated rings. The van der Waals surface area contributed by atoms with Crippen LogP contribution in [0.2, 0.25) is 5.02 Å². The van der Waals surface area contributed by atoms with Crippen molar-refractivity contribution in [1.82, 2.24) is 10.2 Å². The summed E-state index contributed by atoms with van der Waals surface area (Å²) in [6.45, 7) is 3.69. The quantitative estimate of drug-likeness (QED) is 0.799. The van der Waals surface area contributed by atoms with E-state index in [1.165, 1.54) is 0 Å². The van der Waals surface area contributed by atoms with Crippen LogP contribution in [0, 0.1) is 0 Å². The van der Waals surface area contributed by atoms with Gasteiger partial charge in [0.1, 0.15) is 18.5 Å². The van der Waals surface area contributed by atoms with Gasteiger partial charge in [0.05, 0.1) is 5.02 Å². The molecule has 3 rings (SSSR count). The van der Waals surface area contributed by atoms with Gasteiger partial charge in [0, 0.05) is 32.3 Å². The molecule has 0 unspecified atom stereocenters. The molecule has 2 heterocycles. The van der Waals surface area contributed by atoms with Gasteiger partial charge in [-0.05, 0) is 37.8 Å². The van der Waals surface area contributed by atoms with Crippen LogP contribution in [0.15, 0.2) is 24.3 Å². The summed E-state index contributed by atoms with van der Waals surface area (Å²) < 4.78 is 11.2. The number of halogens is 1. The highest BCUT2D eigenvalue weighted by Gasteiger charge is 2.30. The Labute approximate surface area is 148 Å². The molecule has 0 spiro atoms. The van der Waals surface area contributed by atoms with Gasteiger partial charge in [-0.3, -0.25) is 4.79 Å². The smallest absolute Gasteiger partial charge is 0.251 e. The molecule has 1 N–H and O–H groups in total. The van der Waals surface area contributed by atoms with Gasteiger partial charge in [-0.15, -0.1) is 0 Å². The first-order valence-corrected chi connectivity index (χ1v) is 9.13. The van der Waals surface area contributed by atoms with Crippen LogP contribution in [0.5, 0.6) is 5.75 Å². The van der Waals surface area contributed by atoms with Crippen molar-refractivity contribution in [2.45, 2.75) is 37.8 Å². The molecule has 5 nitrogen and oxygen atoms in total. The summed E-state index contributed by atoms with van der Waals surface area (Å²) in [5.74, 6) is 0.894. The number of piperidine rings is 1. The normalized spacial score (nSPS) is 21.9. The molecular formula is C18H25ClN2O3. The fourth-order valence-corrected chi connectivity index (χ4v) is 3.46. The highest BCUT2D eigenvalue weighted by atomic mass is 35.5. The summed E-state index contributed by atoms with van der Waals surface area (Å²) in [5.41, 5.74) is 0. The predicted molar refractivity (Wildman–Crippen MR) is 93.5 cm³/mol. The second-order valence-corrected chi connectivity index (χ2v) is 6.74. The lowest BCUT2D eigenvalue weighted by Gasteiger charge is -2.33. The first-order chi connectivity index (χ1) is 11.7. The molecule has 1 aromatic carbocycles. The number of ether oxygens (including phenoxy) is 2. The highest BCUT2D eigenvalue weighted by Crippen LogP contribution is 2.23. The van der Waals surface area contributed by atoms with Crippen molar-refractivity contribution in [3.8, 4) is 5.75 Å². The second-order valence-electron chi connectivity index (χ2n) is 6.33. The maximum Gasteiger partial charge on any atom is 0.251 e. The average Bonchev–Trinajstić information content (AvgIpc) is 3.15. The van der Waals surface area contributed by atoms with Crippen molar-refractivity contribution in [3.63, 3.8) is 0 Å². The molecule has 0 aliphatic carbocycles. The number of para-hydroxylation sites is 1. The molecule has 0 aromatic heterocycles. The van der Waals surface area contributed by atoms with Gasteiger partial charge in [-0.2, -0.15) is 0 Å². The number of benzene rings is 1. The second kappa shape index (κ2) is 8.70. The van der Waals surface area contributed by atoms with Crippen molar-refractivity contribution >= 4 is 17.5 Å². The first kappa shape index (κ1) is 17.5. The van der Waals surface area contributed by atoms with E-state index in [0.717, 1.165) is 57.7 Å². The third-order valence-corrected chi connectivity index (χ3v) is 4.95. The van der Waals surface area contributed by atoms with E-state index in [9.17, 15) is 4.79 Å². The Kier molecular flexibility index (Phi) is 6.35. The molecule has 1 aromatic rings. The molecule has 0 saturated carbocycles. The SMILES string of the molecule is O=C([C@H]1CCCO1)N1CCC(NCCOc2ccccc2Cl)CC1. The van der Waals surface area contributed by atoms with Crippen LogP contribution in [0.4, 0.5) is 0 Å². The topological polar surface area (TPSA) is 50.8 Å². The minimum Gasteiger partial charge on any atom is -0.491 e. The number of amides is 1. The monoisotopic (exact) mass is 352 g/mol. The molecule has 1 atom stereocenters. The molecule has 6 heteroatoms. The maximum atomic E-state index is 12.3. The number of carbonyl (C=O) groups is 1. The van der Waals surface area contributed by atoms with Gasteiger partial charge in [-0.25, -0.2) is 0 Å². The Balaban J connectivity index is 1.32. The number of hydrogen-bond acceptors (Lipinski definition) is 4. The minimum atomic E-state index is -0.196. The van der Waals surface area contributed by atoms with Crippen molar-refractivity contribution < 1.29 is 14.3 Å². The van der Waals surface area contributed by atoms with E-state index in [4.69, 9.17) is 21.1 Å². The molecule has 2 aliphatic rings. The number of nitrogens with zero attached hydrogens (tertiary/aromatic N) is 1. The number of carbonyl (C=O) groups excluding carboxylic acids is 1. The van der Waals surface area contributed by atoms with E-state index in [1.54, 1.807) is 0 Å². The van der Waals surface area contributed by atoms with E-state index < -0.39 is 0 Å². The lowest BCUT2D eigenvalue weighted by molar-refractivity contribution is -0.142. The molecule has 2 aliphatic heterocycles. The summed E-state index contributed by atoms with van der Waals surface area (Å²) in [6.07, 6.45) is 3.63. The Bertz CT molecular complexity index is 541. The van der Waals surface area contributed by atoms with Crippen LogP contribution in [0.1, 0.15) is 25.7 Å². The van der Waals surface area contributed by atoms with Crippen LogP contribution in [0.25, 0.3) is 0 Å². The summed E-state index contributed by atoms with van der Waals surface area (Å²) in [7, 11) is 0. The van der Waals surface area contributed by atoms with Gasteiger partial charge >= 0.3 is 0 Å². The van der Waals surface area contributed by atoms with Crippen molar-refractivity contribution in [1.29, 1.82) is 0 Å². The lowest BCUT2D eigenvalue weighted by atomic mass is 10.0. The number of likely N-dealkylation sites (tertiary alicyclic amines) is 1. The lowest BCUT2D eigenvalue weighted by Crippen LogP contribution is -2.48. The summed E-state index contributed by atoms with van der Waals surface area (Å²) in [5, 5.41) is 4.14. The molecule has 1 amide bonds. The van der Waals surface area contributed by atoms with E-state index >= 15 is 0 Å². The Morgan fingerprint density at radius 1 is 1.29 bits per heavy atom. The van der Waals surface area contributed by atoms with Gasteiger partial charge in [0.2, 0.25) is 0 Å². The molecular weight excluding hydrogens is 328 g/mol. The number of hydrogen-bond donors (Lipinski definition) is 1. The Hall–Kier alpha value is -1.30. The third kappa shape index (κ3) is 4.62. The summed E-state index contributed by atoms with van der Waals surface area (Å²) in [4.78, 5) is 14.3. The van der Waals surface area contributed by atoms with Crippen molar-refractivity contribution in [3.05, 3.63) is 29.3 Å². The fourth-order valence-electron chi connectivity index (χ4n) is 3.27. The summed E-state index contributed by atoms with van der Waals surface area (Å²) in [6, 6.07) is 7.94. The molecule has 24 heavy (non-hydrogen) atoms. The largest absolute Gasteiger partial charge is 0.491 e. The predicted octanol–water partition coefficient (Wildman–Crippen LogP) is 2.48.